The summed E-state index contributed by atoms with van der Waals surface area (Å²) in [6.07, 6.45) is 0.482. The van der Waals surface area contributed by atoms with Crippen LogP contribution in [0.15, 0.2) is 53.4 Å². The largest absolute Gasteiger partial charge is 0.342 e. The summed E-state index contributed by atoms with van der Waals surface area (Å²) >= 11 is 0. The van der Waals surface area contributed by atoms with Gasteiger partial charge in [0.05, 0.1) is 22.5 Å². The molecule has 1 aromatic heterocycles. The number of para-hydroxylation sites is 2. The van der Waals surface area contributed by atoms with Crippen LogP contribution in [0.1, 0.15) is 17.8 Å². The van der Waals surface area contributed by atoms with Gasteiger partial charge in [-0.2, -0.15) is 4.31 Å². The quantitative estimate of drug-likeness (QED) is 0.488. The molecule has 3 aromatic rings. The average molecular weight is 430 g/mol. The van der Waals surface area contributed by atoms with Gasteiger partial charge in [0.2, 0.25) is 15.9 Å². The van der Waals surface area contributed by atoms with E-state index in [-0.39, 0.29) is 11.3 Å². The Balaban J connectivity index is 1.46. The van der Waals surface area contributed by atoms with Crippen LogP contribution in [0, 0.1) is 6.92 Å². The van der Waals surface area contributed by atoms with Crippen LogP contribution in [0.3, 0.4) is 0 Å². The minimum absolute atomic E-state index is 0.0956. The molecule has 30 heavy (non-hydrogen) atoms. The fraction of sp³-hybridized carbons (Fsp3) is 0.250. The highest BCUT2D eigenvalue weighted by molar-refractivity contribution is 7.89. The number of H-pyrrole nitrogens is 1. The number of aromatic nitrogens is 2. The fourth-order valence-corrected chi connectivity index (χ4v) is 3.90. The number of likely N-dealkylation sites (N-methyl/N-ethyl adjacent to an activating group) is 1. The molecule has 0 aliphatic carbocycles. The summed E-state index contributed by atoms with van der Waals surface area (Å²) < 4.78 is 25.9. The van der Waals surface area contributed by atoms with E-state index >= 15 is 0 Å². The van der Waals surface area contributed by atoms with E-state index in [0.717, 1.165) is 20.9 Å². The van der Waals surface area contributed by atoms with Crippen molar-refractivity contribution in [1.82, 2.24) is 25.1 Å². The first-order chi connectivity index (χ1) is 14.3. The van der Waals surface area contributed by atoms with Crippen molar-refractivity contribution in [2.45, 2.75) is 24.7 Å². The molecule has 9 nitrogen and oxygen atoms in total. The Morgan fingerprint density at radius 1 is 1.03 bits per heavy atom. The van der Waals surface area contributed by atoms with Crippen LogP contribution in [0.4, 0.5) is 0 Å². The topological polar surface area (TPSA) is 124 Å². The summed E-state index contributed by atoms with van der Waals surface area (Å²) in [4.78, 5) is 31.6. The van der Waals surface area contributed by atoms with Gasteiger partial charge in [-0.3, -0.25) is 20.4 Å². The van der Waals surface area contributed by atoms with Gasteiger partial charge in [0, 0.05) is 19.9 Å². The van der Waals surface area contributed by atoms with Crippen LogP contribution < -0.4 is 10.9 Å². The van der Waals surface area contributed by atoms with Crippen molar-refractivity contribution in [3.8, 4) is 0 Å². The molecule has 0 aliphatic rings. The summed E-state index contributed by atoms with van der Waals surface area (Å²) in [6.45, 7) is 1.42. The molecule has 0 spiro atoms. The number of hydrogen-bond acceptors (Lipinski definition) is 5. The Kier molecular flexibility index (Phi) is 6.48. The molecular weight excluding hydrogens is 406 g/mol. The molecular formula is C20H23N5O4S. The smallest absolute Gasteiger partial charge is 0.253 e. The number of carbonyl (C=O) groups excluding carboxylic acids is 2. The predicted octanol–water partition coefficient (Wildman–Crippen LogP) is 1.27. The highest BCUT2D eigenvalue weighted by Crippen LogP contribution is 2.14. The van der Waals surface area contributed by atoms with Crippen molar-refractivity contribution in [2.24, 2.45) is 0 Å². The van der Waals surface area contributed by atoms with Crippen molar-refractivity contribution >= 4 is 32.9 Å². The molecule has 0 radical (unpaired) electrons. The number of aromatic amines is 1. The summed E-state index contributed by atoms with van der Waals surface area (Å²) in [5.74, 6) is -0.389. The van der Waals surface area contributed by atoms with Crippen LogP contribution in [0.2, 0.25) is 0 Å². The summed E-state index contributed by atoms with van der Waals surface area (Å²) in [6, 6.07) is 13.9. The average Bonchev–Trinajstić information content (AvgIpc) is 3.14. The standard InChI is InChI=1S/C20H23N5O4S/c1-14-7-9-15(10-8-14)30(28,29)25(2)13-20(27)24-23-19(26)12-11-18-21-16-5-3-4-6-17(16)22-18/h3-10H,11-13H2,1-2H3,(H,21,22)(H,23,26)(H,24,27). The molecule has 0 bridgehead atoms. The van der Waals surface area contributed by atoms with Crippen molar-refractivity contribution < 1.29 is 18.0 Å². The molecule has 0 saturated heterocycles. The summed E-state index contributed by atoms with van der Waals surface area (Å²) in [7, 11) is -2.50. The Bertz CT molecular complexity index is 1120. The van der Waals surface area contributed by atoms with Crippen molar-refractivity contribution in [3.05, 3.63) is 59.9 Å². The number of rotatable bonds is 7. The zero-order valence-electron chi connectivity index (χ0n) is 16.7. The molecule has 3 N–H and O–H groups in total. The lowest BCUT2D eigenvalue weighted by atomic mass is 10.2. The minimum Gasteiger partial charge on any atom is -0.342 e. The molecule has 0 saturated carbocycles. The molecule has 2 amide bonds. The van der Waals surface area contributed by atoms with E-state index in [4.69, 9.17) is 0 Å². The lowest BCUT2D eigenvalue weighted by Gasteiger charge is -2.17. The number of nitrogens with one attached hydrogen (secondary N) is 3. The van der Waals surface area contributed by atoms with E-state index in [0.29, 0.717) is 12.2 Å². The summed E-state index contributed by atoms with van der Waals surface area (Å²) in [5, 5.41) is 0. The van der Waals surface area contributed by atoms with Gasteiger partial charge in [-0.05, 0) is 31.2 Å². The molecule has 158 valence electrons. The van der Waals surface area contributed by atoms with E-state index < -0.39 is 28.4 Å². The zero-order chi connectivity index (χ0) is 21.7. The normalized spacial score (nSPS) is 11.6. The van der Waals surface area contributed by atoms with E-state index in [9.17, 15) is 18.0 Å². The van der Waals surface area contributed by atoms with Crippen molar-refractivity contribution in [3.63, 3.8) is 0 Å². The van der Waals surface area contributed by atoms with Crippen molar-refractivity contribution in [2.75, 3.05) is 13.6 Å². The first kappa shape index (κ1) is 21.5. The predicted molar refractivity (Wildman–Crippen MR) is 112 cm³/mol. The number of nitrogens with zero attached hydrogens (tertiary/aromatic N) is 2. The van der Waals surface area contributed by atoms with Gasteiger partial charge in [0.15, 0.2) is 0 Å². The third kappa shape index (κ3) is 5.22. The lowest BCUT2D eigenvalue weighted by molar-refractivity contribution is -0.128. The number of benzene rings is 2. The number of amides is 2. The maximum atomic E-state index is 12.5. The first-order valence-corrected chi connectivity index (χ1v) is 10.7. The van der Waals surface area contributed by atoms with Gasteiger partial charge in [-0.1, -0.05) is 29.8 Å². The van der Waals surface area contributed by atoms with Gasteiger partial charge in [-0.25, -0.2) is 13.4 Å². The van der Waals surface area contributed by atoms with Gasteiger partial charge in [-0.15, -0.1) is 0 Å². The highest BCUT2D eigenvalue weighted by atomic mass is 32.2. The maximum absolute atomic E-state index is 12.5. The molecule has 0 fully saturated rings. The Morgan fingerprint density at radius 2 is 1.70 bits per heavy atom. The number of imidazole rings is 1. The first-order valence-electron chi connectivity index (χ1n) is 9.30. The van der Waals surface area contributed by atoms with Crippen molar-refractivity contribution in [1.29, 1.82) is 0 Å². The number of aryl methyl sites for hydroxylation is 2. The van der Waals surface area contributed by atoms with Crippen LogP contribution in [-0.4, -0.2) is 48.1 Å². The van der Waals surface area contributed by atoms with Gasteiger partial charge >= 0.3 is 0 Å². The maximum Gasteiger partial charge on any atom is 0.253 e. The molecule has 0 unspecified atom stereocenters. The van der Waals surface area contributed by atoms with Crippen LogP contribution >= 0.6 is 0 Å². The van der Waals surface area contributed by atoms with Crippen LogP contribution in [0.25, 0.3) is 11.0 Å². The van der Waals surface area contributed by atoms with E-state index in [1.807, 2.05) is 31.2 Å². The molecule has 1 heterocycles. The Labute approximate surface area is 174 Å². The monoisotopic (exact) mass is 429 g/mol. The summed E-state index contributed by atoms with van der Waals surface area (Å²) in [5.41, 5.74) is 7.16. The molecule has 3 rings (SSSR count). The molecule has 0 aliphatic heterocycles. The number of hydrogen-bond donors (Lipinski definition) is 3. The van der Waals surface area contributed by atoms with Crippen LogP contribution in [0.5, 0.6) is 0 Å². The second-order valence-electron chi connectivity index (χ2n) is 6.87. The third-order valence-electron chi connectivity index (χ3n) is 4.46. The van der Waals surface area contributed by atoms with Gasteiger partial charge in [0.25, 0.3) is 5.91 Å². The second kappa shape index (κ2) is 9.06. The van der Waals surface area contributed by atoms with E-state index in [1.165, 1.54) is 19.2 Å². The van der Waals surface area contributed by atoms with E-state index in [2.05, 4.69) is 20.8 Å². The minimum atomic E-state index is -3.80. The van der Waals surface area contributed by atoms with Gasteiger partial charge in [0.1, 0.15) is 5.82 Å². The Morgan fingerprint density at radius 3 is 2.40 bits per heavy atom. The molecule has 2 aromatic carbocycles. The van der Waals surface area contributed by atoms with Gasteiger partial charge < -0.3 is 4.98 Å². The SMILES string of the molecule is Cc1ccc(S(=O)(=O)N(C)CC(=O)NNC(=O)CCc2nc3ccccc3[nH]2)cc1. The molecule has 10 heteroatoms. The number of sulfonamides is 1. The zero-order valence-corrected chi connectivity index (χ0v) is 17.5. The van der Waals surface area contributed by atoms with Crippen LogP contribution in [-0.2, 0) is 26.0 Å². The second-order valence-corrected chi connectivity index (χ2v) is 8.92. The Hall–Kier alpha value is -3.24. The van der Waals surface area contributed by atoms with E-state index in [1.54, 1.807) is 12.1 Å². The third-order valence-corrected chi connectivity index (χ3v) is 6.28. The lowest BCUT2D eigenvalue weighted by Crippen LogP contribution is -2.46. The number of carbonyl (C=O) groups is 2. The highest BCUT2D eigenvalue weighted by Gasteiger charge is 2.23. The number of hydrazine groups is 1. The molecule has 0 atom stereocenters. The number of fused-ring (bicyclic) bond motifs is 1. The fourth-order valence-electron chi connectivity index (χ4n) is 2.77.